The smallest absolute Gasteiger partial charge is 0.242 e. The Kier molecular flexibility index (Phi) is 4.92. The fourth-order valence-electron chi connectivity index (χ4n) is 2.46. The zero-order valence-corrected chi connectivity index (χ0v) is 13.3. The normalized spacial score (nSPS) is 12.5. The molecule has 0 saturated carbocycles. The molecule has 0 aliphatic carbocycles. The van der Waals surface area contributed by atoms with Gasteiger partial charge in [-0.25, -0.2) is 4.39 Å². The fraction of sp³-hybridized carbons (Fsp3) is 0.375. The number of aromatic amines is 1. The van der Waals surface area contributed by atoms with Crippen LogP contribution in [0.3, 0.4) is 0 Å². The van der Waals surface area contributed by atoms with E-state index in [4.69, 9.17) is 0 Å². The summed E-state index contributed by atoms with van der Waals surface area (Å²) >= 11 is 0. The summed E-state index contributed by atoms with van der Waals surface area (Å²) in [6.07, 6.45) is 0. The van der Waals surface area contributed by atoms with Gasteiger partial charge in [-0.05, 0) is 34.0 Å². The number of aromatic nitrogens is 2. The second kappa shape index (κ2) is 6.70. The monoisotopic (exact) mass is 304 g/mol. The number of aryl methyl sites for hydroxylation is 2. The predicted octanol–water partition coefficient (Wildman–Crippen LogP) is 2.08. The number of amides is 1. The van der Waals surface area contributed by atoms with Gasteiger partial charge in [-0.1, -0.05) is 18.2 Å². The van der Waals surface area contributed by atoms with Crippen molar-refractivity contribution < 1.29 is 9.18 Å². The minimum absolute atomic E-state index is 0.241. The van der Waals surface area contributed by atoms with Gasteiger partial charge in [0, 0.05) is 23.4 Å². The second-order valence-corrected chi connectivity index (χ2v) is 5.52. The van der Waals surface area contributed by atoms with Crippen LogP contribution < -0.4 is 5.32 Å². The van der Waals surface area contributed by atoms with Crippen molar-refractivity contribution in [2.24, 2.45) is 0 Å². The molecule has 1 heterocycles. The maximum Gasteiger partial charge on any atom is 0.242 e. The number of carbonyl (C=O) groups excluding carboxylic acids is 1. The topological polar surface area (TPSA) is 61.0 Å². The molecule has 2 rings (SSSR count). The standard InChI is InChI=1S/C16H21FN4O/c1-10-13(11(2)20-19-10)9-18-16(22)15(21(3)4)12-7-5-6-8-14(12)17/h5-8,15H,9H2,1-4H3,(H,18,22)(H,19,20). The van der Waals surface area contributed by atoms with Crippen LogP contribution in [0.1, 0.15) is 28.6 Å². The number of nitrogens with zero attached hydrogens (tertiary/aromatic N) is 2. The summed E-state index contributed by atoms with van der Waals surface area (Å²) in [6.45, 7) is 4.15. The summed E-state index contributed by atoms with van der Waals surface area (Å²) in [4.78, 5) is 14.2. The average Bonchev–Trinajstić information content (AvgIpc) is 2.78. The Labute approximate surface area is 129 Å². The number of rotatable bonds is 5. The van der Waals surface area contributed by atoms with Gasteiger partial charge in [0.1, 0.15) is 11.9 Å². The van der Waals surface area contributed by atoms with Gasteiger partial charge in [0.15, 0.2) is 0 Å². The first-order valence-corrected chi connectivity index (χ1v) is 7.10. The first-order chi connectivity index (χ1) is 10.4. The molecule has 2 aromatic rings. The molecule has 0 bridgehead atoms. The number of hydrogen-bond acceptors (Lipinski definition) is 3. The van der Waals surface area contributed by atoms with Gasteiger partial charge in [-0.2, -0.15) is 5.10 Å². The molecule has 6 heteroatoms. The zero-order valence-electron chi connectivity index (χ0n) is 13.3. The predicted molar refractivity (Wildman–Crippen MR) is 82.7 cm³/mol. The third kappa shape index (κ3) is 3.33. The second-order valence-electron chi connectivity index (χ2n) is 5.52. The van der Waals surface area contributed by atoms with Gasteiger partial charge in [-0.15, -0.1) is 0 Å². The van der Waals surface area contributed by atoms with E-state index in [-0.39, 0.29) is 11.7 Å². The highest BCUT2D eigenvalue weighted by molar-refractivity contribution is 5.83. The fourth-order valence-corrected chi connectivity index (χ4v) is 2.46. The lowest BCUT2D eigenvalue weighted by atomic mass is 10.0. The highest BCUT2D eigenvalue weighted by Gasteiger charge is 2.25. The van der Waals surface area contributed by atoms with Crippen LogP contribution in [-0.2, 0) is 11.3 Å². The molecule has 22 heavy (non-hydrogen) atoms. The minimum atomic E-state index is -0.672. The van der Waals surface area contributed by atoms with Crippen LogP contribution in [-0.4, -0.2) is 35.1 Å². The molecular weight excluding hydrogens is 283 g/mol. The van der Waals surface area contributed by atoms with Crippen molar-refractivity contribution in [1.82, 2.24) is 20.4 Å². The molecule has 0 radical (unpaired) electrons. The number of nitrogens with one attached hydrogen (secondary N) is 2. The number of likely N-dealkylation sites (N-methyl/N-ethyl adjacent to an activating group) is 1. The van der Waals surface area contributed by atoms with Crippen LogP contribution in [0.2, 0.25) is 0 Å². The summed E-state index contributed by atoms with van der Waals surface area (Å²) in [5.41, 5.74) is 3.10. The van der Waals surface area contributed by atoms with Gasteiger partial charge < -0.3 is 5.32 Å². The quantitative estimate of drug-likeness (QED) is 0.889. The third-order valence-corrected chi connectivity index (χ3v) is 3.68. The third-order valence-electron chi connectivity index (χ3n) is 3.68. The maximum absolute atomic E-state index is 14.0. The molecule has 1 aromatic carbocycles. The van der Waals surface area contributed by atoms with Crippen molar-refractivity contribution in [2.75, 3.05) is 14.1 Å². The largest absolute Gasteiger partial charge is 0.350 e. The summed E-state index contributed by atoms with van der Waals surface area (Å²) < 4.78 is 14.0. The van der Waals surface area contributed by atoms with E-state index in [1.807, 2.05) is 13.8 Å². The lowest BCUT2D eigenvalue weighted by Crippen LogP contribution is -2.37. The molecular formula is C16H21FN4O. The first kappa shape index (κ1) is 16.2. The number of benzene rings is 1. The van der Waals surface area contributed by atoms with E-state index in [1.54, 1.807) is 37.2 Å². The maximum atomic E-state index is 14.0. The Balaban J connectivity index is 2.16. The number of carbonyl (C=O) groups is 1. The SMILES string of the molecule is Cc1n[nH]c(C)c1CNC(=O)C(c1ccccc1F)N(C)C. The first-order valence-electron chi connectivity index (χ1n) is 7.10. The van der Waals surface area contributed by atoms with Gasteiger partial charge in [0.2, 0.25) is 5.91 Å². The van der Waals surface area contributed by atoms with Crippen LogP contribution in [0.15, 0.2) is 24.3 Å². The molecule has 0 aliphatic heterocycles. The molecule has 2 N–H and O–H groups in total. The lowest BCUT2D eigenvalue weighted by Gasteiger charge is -2.24. The molecule has 5 nitrogen and oxygen atoms in total. The van der Waals surface area contributed by atoms with E-state index in [0.29, 0.717) is 12.1 Å². The van der Waals surface area contributed by atoms with Crippen LogP contribution >= 0.6 is 0 Å². The van der Waals surface area contributed by atoms with Crippen molar-refractivity contribution in [3.63, 3.8) is 0 Å². The number of hydrogen-bond donors (Lipinski definition) is 2. The van der Waals surface area contributed by atoms with Crippen molar-refractivity contribution >= 4 is 5.91 Å². The summed E-state index contributed by atoms with van der Waals surface area (Å²) in [6, 6.07) is 5.67. The molecule has 1 aromatic heterocycles. The van der Waals surface area contributed by atoms with E-state index in [2.05, 4.69) is 15.5 Å². The molecule has 0 aliphatic rings. The van der Waals surface area contributed by atoms with E-state index < -0.39 is 6.04 Å². The molecule has 0 spiro atoms. The highest BCUT2D eigenvalue weighted by Crippen LogP contribution is 2.21. The molecule has 1 atom stereocenters. The van der Waals surface area contributed by atoms with Gasteiger partial charge in [0.05, 0.1) is 5.69 Å². The van der Waals surface area contributed by atoms with Crippen molar-refractivity contribution in [3.05, 3.63) is 52.6 Å². The van der Waals surface area contributed by atoms with Crippen LogP contribution in [0.5, 0.6) is 0 Å². The van der Waals surface area contributed by atoms with E-state index in [0.717, 1.165) is 17.0 Å². The van der Waals surface area contributed by atoms with E-state index >= 15 is 0 Å². The van der Waals surface area contributed by atoms with Crippen molar-refractivity contribution in [1.29, 1.82) is 0 Å². The lowest BCUT2D eigenvalue weighted by molar-refractivity contribution is -0.126. The molecule has 1 amide bonds. The zero-order chi connectivity index (χ0) is 16.3. The van der Waals surface area contributed by atoms with Crippen LogP contribution in [0.25, 0.3) is 0 Å². The summed E-state index contributed by atoms with van der Waals surface area (Å²) in [7, 11) is 3.51. The number of H-pyrrole nitrogens is 1. The minimum Gasteiger partial charge on any atom is -0.350 e. The van der Waals surface area contributed by atoms with E-state index in [1.165, 1.54) is 6.07 Å². The highest BCUT2D eigenvalue weighted by atomic mass is 19.1. The Morgan fingerprint density at radius 3 is 2.59 bits per heavy atom. The average molecular weight is 304 g/mol. The van der Waals surface area contributed by atoms with Crippen LogP contribution in [0.4, 0.5) is 4.39 Å². The summed E-state index contributed by atoms with van der Waals surface area (Å²) in [5.74, 6) is -0.623. The van der Waals surface area contributed by atoms with Gasteiger partial charge in [-0.3, -0.25) is 14.8 Å². The van der Waals surface area contributed by atoms with Crippen molar-refractivity contribution in [3.8, 4) is 0 Å². The number of halogens is 1. The Bertz CT molecular complexity index is 646. The molecule has 0 fully saturated rings. The summed E-state index contributed by atoms with van der Waals surface area (Å²) in [5, 5.41) is 9.85. The Morgan fingerprint density at radius 2 is 2.05 bits per heavy atom. The molecule has 1 unspecified atom stereocenters. The molecule has 0 saturated heterocycles. The van der Waals surface area contributed by atoms with Crippen LogP contribution in [0, 0.1) is 19.7 Å². The van der Waals surface area contributed by atoms with Crippen molar-refractivity contribution in [2.45, 2.75) is 26.4 Å². The van der Waals surface area contributed by atoms with Gasteiger partial charge in [0.25, 0.3) is 0 Å². The molecule has 118 valence electrons. The Hall–Kier alpha value is -2.21. The Morgan fingerprint density at radius 1 is 1.36 bits per heavy atom. The van der Waals surface area contributed by atoms with E-state index in [9.17, 15) is 9.18 Å². The van der Waals surface area contributed by atoms with Gasteiger partial charge >= 0.3 is 0 Å².